The van der Waals surface area contributed by atoms with Crippen molar-refractivity contribution in [1.29, 1.82) is 5.26 Å². The van der Waals surface area contributed by atoms with Crippen molar-refractivity contribution in [3.63, 3.8) is 0 Å². The number of Topliss-reactive ketones (excluding diaryl/α,β-unsaturated/α-hetero) is 1. The summed E-state index contributed by atoms with van der Waals surface area (Å²) in [6.07, 6.45) is 2.88. The summed E-state index contributed by atoms with van der Waals surface area (Å²) in [6, 6.07) is 20.4. The number of fused-ring (bicyclic) bond motifs is 1. The molecule has 39 heavy (non-hydrogen) atoms. The Bertz CT molecular complexity index is 1560. The fourth-order valence-corrected chi connectivity index (χ4v) is 4.53. The summed E-state index contributed by atoms with van der Waals surface area (Å²) in [5.41, 5.74) is 5.17. The average molecular weight is 540 g/mol. The molecule has 0 aliphatic heterocycles. The number of rotatable bonds is 10. The van der Waals surface area contributed by atoms with Gasteiger partial charge in [-0.05, 0) is 69.4 Å². The number of nitriles is 1. The molecule has 1 aromatic heterocycles. The zero-order valence-corrected chi connectivity index (χ0v) is 23.0. The Balaban J connectivity index is 1.60. The maximum absolute atomic E-state index is 12.6. The summed E-state index contributed by atoms with van der Waals surface area (Å²) < 4.78 is 0. The van der Waals surface area contributed by atoms with Crippen molar-refractivity contribution < 1.29 is 9.59 Å². The van der Waals surface area contributed by atoms with Crippen molar-refractivity contribution in [2.75, 3.05) is 31.3 Å². The lowest BCUT2D eigenvalue weighted by Crippen LogP contribution is -2.17. The van der Waals surface area contributed by atoms with Crippen LogP contribution in [0.25, 0.3) is 10.9 Å². The number of carbonyl (C=O) groups excluding carboxylic acids is 2. The van der Waals surface area contributed by atoms with Crippen LogP contribution < -0.4 is 10.6 Å². The van der Waals surface area contributed by atoms with Crippen molar-refractivity contribution in [1.82, 2.24) is 9.88 Å². The van der Waals surface area contributed by atoms with Crippen molar-refractivity contribution >= 4 is 51.3 Å². The molecule has 0 aliphatic rings. The molecular weight excluding hydrogens is 510 g/mol. The van der Waals surface area contributed by atoms with E-state index in [2.05, 4.69) is 21.7 Å². The van der Waals surface area contributed by atoms with E-state index in [0.29, 0.717) is 56.1 Å². The normalized spacial score (nSPS) is 10.9. The molecule has 0 saturated carbocycles. The van der Waals surface area contributed by atoms with Gasteiger partial charge in [0.2, 0.25) is 5.91 Å². The van der Waals surface area contributed by atoms with E-state index in [-0.39, 0.29) is 18.1 Å². The maximum Gasteiger partial charge on any atom is 0.224 e. The van der Waals surface area contributed by atoms with Gasteiger partial charge in [-0.25, -0.2) is 0 Å². The Kier molecular flexibility index (Phi) is 8.92. The smallest absolute Gasteiger partial charge is 0.224 e. The number of benzene rings is 3. The highest BCUT2D eigenvalue weighted by Gasteiger charge is 2.15. The van der Waals surface area contributed by atoms with Gasteiger partial charge in [0.25, 0.3) is 0 Å². The third kappa shape index (κ3) is 6.99. The molecule has 0 saturated heterocycles. The first-order valence-corrected chi connectivity index (χ1v) is 13.0. The van der Waals surface area contributed by atoms with Crippen molar-refractivity contribution in [3.8, 4) is 6.07 Å². The largest absolute Gasteiger partial charge is 0.354 e. The van der Waals surface area contributed by atoms with Crippen LogP contribution in [0.5, 0.6) is 0 Å². The van der Waals surface area contributed by atoms with E-state index in [4.69, 9.17) is 11.6 Å². The van der Waals surface area contributed by atoms with E-state index in [1.807, 2.05) is 68.4 Å². The van der Waals surface area contributed by atoms with Gasteiger partial charge in [0, 0.05) is 46.4 Å². The number of nitrogens with zero attached hydrogens (tertiary/aromatic N) is 3. The quantitative estimate of drug-likeness (QED) is 0.223. The Morgan fingerprint density at radius 2 is 1.85 bits per heavy atom. The summed E-state index contributed by atoms with van der Waals surface area (Å²) >= 11 is 6.56. The summed E-state index contributed by atoms with van der Waals surface area (Å²) in [5, 5.41) is 17.3. The number of pyridine rings is 1. The van der Waals surface area contributed by atoms with Crippen LogP contribution in [-0.2, 0) is 11.2 Å². The van der Waals surface area contributed by atoms with Gasteiger partial charge in [-0.1, -0.05) is 48.0 Å². The topological polar surface area (TPSA) is 98.1 Å². The van der Waals surface area contributed by atoms with Gasteiger partial charge in [-0.15, -0.1) is 0 Å². The van der Waals surface area contributed by atoms with E-state index >= 15 is 0 Å². The highest BCUT2D eigenvalue weighted by atomic mass is 35.5. The predicted molar refractivity (Wildman–Crippen MR) is 157 cm³/mol. The Hall–Kier alpha value is -4.25. The van der Waals surface area contributed by atoms with Crippen LogP contribution in [0.3, 0.4) is 0 Å². The maximum atomic E-state index is 12.6. The number of hydrogen-bond acceptors (Lipinski definition) is 6. The zero-order valence-electron chi connectivity index (χ0n) is 22.2. The van der Waals surface area contributed by atoms with E-state index in [0.717, 1.165) is 18.5 Å². The lowest BCUT2D eigenvalue weighted by molar-refractivity contribution is -0.116. The van der Waals surface area contributed by atoms with Crippen LogP contribution in [0.1, 0.15) is 39.9 Å². The molecule has 0 unspecified atom stereocenters. The minimum absolute atomic E-state index is 0.0169. The van der Waals surface area contributed by atoms with Crippen LogP contribution in [0.15, 0.2) is 66.9 Å². The van der Waals surface area contributed by atoms with Crippen LogP contribution >= 0.6 is 11.6 Å². The molecular formula is C31H30ClN5O2. The first-order chi connectivity index (χ1) is 18.7. The summed E-state index contributed by atoms with van der Waals surface area (Å²) in [6.45, 7) is 2.74. The molecule has 0 bridgehead atoms. The second-order valence-electron chi connectivity index (χ2n) is 9.70. The second kappa shape index (κ2) is 12.5. The Morgan fingerprint density at radius 3 is 2.54 bits per heavy atom. The molecule has 198 valence electrons. The fraction of sp³-hybridized carbons (Fsp3) is 0.226. The fourth-order valence-electron chi connectivity index (χ4n) is 4.28. The standard InChI is InChI=1S/C31H30ClN5O2/c1-20-14-28-25(17-27(20)36-30(39)10-7-13-37(2)3)31(23(18-33)19-34-28)35-24-12-11-22(26(32)16-24)15-29(38)21-8-5-4-6-9-21/h4-6,8-9,11-12,14,16-17,19H,7,10,13,15H2,1-3H3,(H,34,35)(H,36,39). The Morgan fingerprint density at radius 1 is 1.08 bits per heavy atom. The van der Waals surface area contributed by atoms with Gasteiger partial charge in [0.1, 0.15) is 6.07 Å². The number of aryl methyl sites for hydroxylation is 1. The molecule has 0 fully saturated rings. The number of halogens is 1. The van der Waals surface area contributed by atoms with Crippen molar-refractivity contribution in [2.24, 2.45) is 0 Å². The molecule has 2 N–H and O–H groups in total. The molecule has 8 heteroatoms. The van der Waals surface area contributed by atoms with Crippen LogP contribution in [0.4, 0.5) is 17.1 Å². The van der Waals surface area contributed by atoms with E-state index in [9.17, 15) is 14.9 Å². The molecule has 7 nitrogen and oxygen atoms in total. The third-order valence-corrected chi connectivity index (χ3v) is 6.74. The first kappa shape index (κ1) is 27.8. The lowest BCUT2D eigenvalue weighted by atomic mass is 10.0. The average Bonchev–Trinajstić information content (AvgIpc) is 2.91. The monoisotopic (exact) mass is 539 g/mol. The van der Waals surface area contributed by atoms with Gasteiger partial charge in [-0.2, -0.15) is 5.26 Å². The van der Waals surface area contributed by atoms with Gasteiger partial charge in [0.15, 0.2) is 5.78 Å². The number of anilines is 3. The van der Waals surface area contributed by atoms with Gasteiger partial charge < -0.3 is 15.5 Å². The van der Waals surface area contributed by atoms with E-state index < -0.39 is 0 Å². The van der Waals surface area contributed by atoms with Crippen molar-refractivity contribution in [2.45, 2.75) is 26.2 Å². The minimum Gasteiger partial charge on any atom is -0.354 e. The van der Waals surface area contributed by atoms with Crippen molar-refractivity contribution in [3.05, 3.63) is 94.1 Å². The SMILES string of the molecule is Cc1cc2ncc(C#N)c(Nc3ccc(CC(=O)c4ccccc4)c(Cl)c3)c2cc1NC(=O)CCCN(C)C. The summed E-state index contributed by atoms with van der Waals surface area (Å²) in [4.78, 5) is 31.7. The zero-order chi connectivity index (χ0) is 27.9. The number of nitrogens with one attached hydrogen (secondary N) is 2. The molecule has 0 spiro atoms. The molecule has 4 rings (SSSR count). The molecule has 0 radical (unpaired) electrons. The van der Waals surface area contributed by atoms with Gasteiger partial charge in [-0.3, -0.25) is 14.6 Å². The number of hydrogen-bond donors (Lipinski definition) is 2. The number of aromatic nitrogens is 1. The summed E-state index contributed by atoms with van der Waals surface area (Å²) in [7, 11) is 3.95. The first-order valence-electron chi connectivity index (χ1n) is 12.7. The lowest BCUT2D eigenvalue weighted by Gasteiger charge is -2.16. The molecule has 0 aliphatic carbocycles. The highest BCUT2D eigenvalue weighted by molar-refractivity contribution is 6.32. The minimum atomic E-state index is -0.0642. The molecule has 1 heterocycles. The number of ketones is 1. The molecule has 1 amide bonds. The molecule has 0 atom stereocenters. The van der Waals surface area contributed by atoms with E-state index in [1.165, 1.54) is 6.20 Å². The molecule has 3 aromatic carbocycles. The van der Waals surface area contributed by atoms with Gasteiger partial charge >= 0.3 is 0 Å². The van der Waals surface area contributed by atoms with Crippen LogP contribution in [0, 0.1) is 18.3 Å². The summed E-state index contributed by atoms with van der Waals surface area (Å²) in [5.74, 6) is -0.0811. The van der Waals surface area contributed by atoms with Crippen LogP contribution in [-0.4, -0.2) is 42.2 Å². The Labute approximate surface area is 233 Å². The third-order valence-electron chi connectivity index (χ3n) is 6.39. The second-order valence-corrected chi connectivity index (χ2v) is 10.1. The number of carbonyl (C=O) groups is 2. The van der Waals surface area contributed by atoms with E-state index in [1.54, 1.807) is 18.2 Å². The predicted octanol–water partition coefficient (Wildman–Crippen LogP) is 6.52. The molecule has 4 aromatic rings. The highest BCUT2D eigenvalue weighted by Crippen LogP contribution is 2.34. The number of amides is 1. The van der Waals surface area contributed by atoms with Gasteiger partial charge in [0.05, 0.1) is 16.8 Å². The van der Waals surface area contributed by atoms with Crippen LogP contribution in [0.2, 0.25) is 5.02 Å².